The molecular formula is C24H37Cl2N3O5. The van der Waals surface area contributed by atoms with E-state index in [2.05, 4.69) is 10.6 Å². The van der Waals surface area contributed by atoms with Crippen LogP contribution in [-0.4, -0.2) is 60.1 Å². The Labute approximate surface area is 212 Å². The lowest BCUT2D eigenvalue weighted by molar-refractivity contribution is -0.156. The first kappa shape index (κ1) is 29.8. The van der Waals surface area contributed by atoms with Crippen LogP contribution in [0.5, 0.6) is 0 Å². The number of rotatable bonds is 10. The SMILES string of the molecule is Cc1ccc(N(CCCl)CCCl)cc1NC(=O)[C@H](CC(=O)OC(C)(C)C)NC(=O)OC(C)(C)C. The van der Waals surface area contributed by atoms with Crippen molar-refractivity contribution in [2.75, 3.05) is 35.1 Å². The first-order valence-corrected chi connectivity index (χ1v) is 12.2. The Morgan fingerprint density at radius 1 is 0.971 bits per heavy atom. The van der Waals surface area contributed by atoms with E-state index in [1.807, 2.05) is 30.0 Å². The van der Waals surface area contributed by atoms with Gasteiger partial charge >= 0.3 is 12.1 Å². The summed E-state index contributed by atoms with van der Waals surface area (Å²) < 4.78 is 10.6. The maximum absolute atomic E-state index is 13.2. The summed E-state index contributed by atoms with van der Waals surface area (Å²) in [5.74, 6) is -0.350. The summed E-state index contributed by atoms with van der Waals surface area (Å²) in [6.45, 7) is 13.3. The lowest BCUT2D eigenvalue weighted by Crippen LogP contribution is -2.47. The highest BCUT2D eigenvalue weighted by Crippen LogP contribution is 2.24. The molecule has 192 valence electrons. The summed E-state index contributed by atoms with van der Waals surface area (Å²) in [7, 11) is 0. The molecular weight excluding hydrogens is 481 g/mol. The molecule has 0 saturated heterocycles. The molecule has 0 spiro atoms. The predicted molar refractivity (Wildman–Crippen MR) is 137 cm³/mol. The van der Waals surface area contributed by atoms with E-state index >= 15 is 0 Å². The highest BCUT2D eigenvalue weighted by molar-refractivity contribution is 6.18. The molecule has 0 bridgehead atoms. The maximum atomic E-state index is 13.2. The first-order chi connectivity index (χ1) is 15.6. The highest BCUT2D eigenvalue weighted by atomic mass is 35.5. The molecule has 0 unspecified atom stereocenters. The third-order valence-electron chi connectivity index (χ3n) is 4.35. The van der Waals surface area contributed by atoms with Crippen LogP contribution in [0.3, 0.4) is 0 Å². The standard InChI is InChI=1S/C24H37Cl2N3O5/c1-16-8-9-17(29(12-10-25)13-11-26)14-18(16)27-21(31)19(15-20(30)33-23(2,3)4)28-22(32)34-24(5,6)7/h8-9,14,19H,10-13,15H2,1-7H3,(H,27,31)(H,28,32)/t19-/m0/s1. The lowest BCUT2D eigenvalue weighted by Gasteiger charge is -2.26. The van der Waals surface area contributed by atoms with E-state index in [0.29, 0.717) is 30.5 Å². The number of alkyl halides is 2. The van der Waals surface area contributed by atoms with Gasteiger partial charge in [-0.15, -0.1) is 23.2 Å². The molecule has 0 fully saturated rings. The summed E-state index contributed by atoms with van der Waals surface area (Å²) in [5, 5.41) is 5.30. The van der Waals surface area contributed by atoms with Gasteiger partial charge in [0.25, 0.3) is 0 Å². The monoisotopic (exact) mass is 517 g/mol. The van der Waals surface area contributed by atoms with Crippen molar-refractivity contribution in [1.82, 2.24) is 5.32 Å². The largest absolute Gasteiger partial charge is 0.460 e. The fourth-order valence-electron chi connectivity index (χ4n) is 2.94. The van der Waals surface area contributed by atoms with Gasteiger partial charge in [0, 0.05) is 36.2 Å². The van der Waals surface area contributed by atoms with Crippen LogP contribution in [0.15, 0.2) is 18.2 Å². The Balaban J connectivity index is 3.13. The molecule has 1 aromatic carbocycles. The second-order valence-electron chi connectivity index (χ2n) is 9.84. The van der Waals surface area contributed by atoms with Crippen LogP contribution in [0.25, 0.3) is 0 Å². The number of nitrogens with zero attached hydrogens (tertiary/aromatic N) is 1. The molecule has 0 aliphatic carbocycles. The molecule has 0 aromatic heterocycles. The van der Waals surface area contributed by atoms with Crippen molar-refractivity contribution in [3.8, 4) is 0 Å². The zero-order valence-corrected chi connectivity index (χ0v) is 22.6. The number of benzene rings is 1. The van der Waals surface area contributed by atoms with Crippen LogP contribution in [-0.2, 0) is 19.1 Å². The van der Waals surface area contributed by atoms with Crippen molar-refractivity contribution < 1.29 is 23.9 Å². The van der Waals surface area contributed by atoms with Crippen LogP contribution in [0, 0.1) is 6.92 Å². The van der Waals surface area contributed by atoms with Gasteiger partial charge in [0.05, 0.1) is 6.42 Å². The van der Waals surface area contributed by atoms with Crippen molar-refractivity contribution in [3.63, 3.8) is 0 Å². The number of hydrogen-bond donors (Lipinski definition) is 2. The molecule has 0 aliphatic heterocycles. The number of halogens is 2. The number of carbonyl (C=O) groups is 3. The van der Waals surface area contributed by atoms with Crippen LogP contribution in [0.1, 0.15) is 53.5 Å². The van der Waals surface area contributed by atoms with Gasteiger partial charge in [0.1, 0.15) is 17.2 Å². The average Bonchev–Trinajstić information content (AvgIpc) is 2.66. The van der Waals surface area contributed by atoms with Crippen molar-refractivity contribution >= 4 is 52.5 Å². The number of carbonyl (C=O) groups excluding carboxylic acids is 3. The van der Waals surface area contributed by atoms with Crippen molar-refractivity contribution in [2.45, 2.75) is 72.1 Å². The van der Waals surface area contributed by atoms with E-state index in [0.717, 1.165) is 11.3 Å². The molecule has 8 nitrogen and oxygen atoms in total. The summed E-state index contributed by atoms with van der Waals surface area (Å²) in [6.07, 6.45) is -1.16. The lowest BCUT2D eigenvalue weighted by atomic mass is 10.1. The number of hydrogen-bond acceptors (Lipinski definition) is 6. The maximum Gasteiger partial charge on any atom is 0.408 e. The minimum atomic E-state index is -1.20. The zero-order chi connectivity index (χ0) is 26.1. The molecule has 0 saturated carbocycles. The first-order valence-electron chi connectivity index (χ1n) is 11.1. The second kappa shape index (κ2) is 13.0. The number of anilines is 2. The molecule has 1 aromatic rings. The number of alkyl carbamates (subject to hydrolysis) is 1. The topological polar surface area (TPSA) is 97.0 Å². The van der Waals surface area contributed by atoms with E-state index in [1.165, 1.54) is 0 Å². The van der Waals surface area contributed by atoms with Gasteiger partial charge in [-0.05, 0) is 66.2 Å². The summed E-state index contributed by atoms with van der Waals surface area (Å²) >= 11 is 11.8. The van der Waals surface area contributed by atoms with Crippen molar-refractivity contribution in [2.24, 2.45) is 0 Å². The van der Waals surface area contributed by atoms with Crippen molar-refractivity contribution in [1.29, 1.82) is 0 Å². The third-order valence-corrected chi connectivity index (χ3v) is 4.69. The van der Waals surface area contributed by atoms with E-state index in [1.54, 1.807) is 41.5 Å². The number of nitrogens with one attached hydrogen (secondary N) is 2. The van der Waals surface area contributed by atoms with Crippen molar-refractivity contribution in [3.05, 3.63) is 23.8 Å². The number of aryl methyl sites for hydroxylation is 1. The molecule has 2 N–H and O–H groups in total. The van der Waals surface area contributed by atoms with Crippen LogP contribution >= 0.6 is 23.2 Å². The molecule has 0 radical (unpaired) electrons. The van der Waals surface area contributed by atoms with Gasteiger partial charge in [-0.2, -0.15) is 0 Å². The summed E-state index contributed by atoms with van der Waals surface area (Å²) in [5.41, 5.74) is 0.685. The van der Waals surface area contributed by atoms with Crippen LogP contribution in [0.2, 0.25) is 0 Å². The highest BCUT2D eigenvalue weighted by Gasteiger charge is 2.29. The fourth-order valence-corrected chi connectivity index (χ4v) is 3.35. The minimum Gasteiger partial charge on any atom is -0.460 e. The summed E-state index contributed by atoms with van der Waals surface area (Å²) in [4.78, 5) is 39.9. The van der Waals surface area contributed by atoms with Crippen LogP contribution in [0.4, 0.5) is 16.2 Å². The quantitative estimate of drug-likeness (QED) is 0.340. The zero-order valence-electron chi connectivity index (χ0n) is 21.1. The second-order valence-corrected chi connectivity index (χ2v) is 10.6. The molecule has 0 aliphatic rings. The summed E-state index contributed by atoms with van der Waals surface area (Å²) in [6, 6.07) is 4.39. The number of amides is 2. The molecule has 1 rings (SSSR count). The Morgan fingerprint density at radius 3 is 2.03 bits per heavy atom. The molecule has 1 atom stereocenters. The van der Waals surface area contributed by atoms with Gasteiger partial charge in [-0.3, -0.25) is 9.59 Å². The van der Waals surface area contributed by atoms with Gasteiger partial charge in [-0.1, -0.05) is 6.07 Å². The van der Waals surface area contributed by atoms with Gasteiger partial charge in [0.2, 0.25) is 5.91 Å². The van der Waals surface area contributed by atoms with Gasteiger partial charge in [-0.25, -0.2) is 4.79 Å². The number of ether oxygens (including phenoxy) is 2. The van der Waals surface area contributed by atoms with E-state index < -0.39 is 35.2 Å². The van der Waals surface area contributed by atoms with E-state index in [-0.39, 0.29) is 6.42 Å². The fraction of sp³-hybridized carbons (Fsp3) is 0.625. The Kier molecular flexibility index (Phi) is 11.5. The average molecular weight is 518 g/mol. The molecule has 10 heteroatoms. The third kappa shape index (κ3) is 11.3. The van der Waals surface area contributed by atoms with Gasteiger partial charge < -0.3 is 25.0 Å². The molecule has 34 heavy (non-hydrogen) atoms. The smallest absolute Gasteiger partial charge is 0.408 e. The van der Waals surface area contributed by atoms with E-state index in [4.69, 9.17) is 32.7 Å². The minimum absolute atomic E-state index is 0.355. The molecule has 2 amide bonds. The predicted octanol–water partition coefficient (Wildman–Crippen LogP) is 4.84. The van der Waals surface area contributed by atoms with E-state index in [9.17, 15) is 14.4 Å². The number of esters is 1. The normalized spacial score (nSPS) is 12.5. The Bertz CT molecular complexity index is 814. The van der Waals surface area contributed by atoms with Gasteiger partial charge in [0.15, 0.2) is 0 Å². The molecule has 0 heterocycles. The Hall–Kier alpha value is -2.19. The van der Waals surface area contributed by atoms with Crippen LogP contribution < -0.4 is 15.5 Å². The Morgan fingerprint density at radius 2 is 1.53 bits per heavy atom.